The van der Waals surface area contributed by atoms with Crippen molar-refractivity contribution in [1.29, 1.82) is 0 Å². The van der Waals surface area contributed by atoms with Crippen molar-refractivity contribution in [3.05, 3.63) is 86.1 Å². The van der Waals surface area contributed by atoms with Crippen LogP contribution in [-0.2, 0) is 11.8 Å². The van der Waals surface area contributed by atoms with E-state index in [-0.39, 0.29) is 23.3 Å². The summed E-state index contributed by atoms with van der Waals surface area (Å²) in [7, 11) is 1.67. The maximum absolute atomic E-state index is 12.9. The van der Waals surface area contributed by atoms with Gasteiger partial charge in [-0.05, 0) is 41.3 Å². The highest BCUT2D eigenvalue weighted by Gasteiger charge is 2.33. The highest BCUT2D eigenvalue weighted by Crippen LogP contribution is 2.36. The van der Waals surface area contributed by atoms with E-state index in [1.807, 2.05) is 36.4 Å². The second-order valence-corrected chi connectivity index (χ2v) is 7.50. The fourth-order valence-corrected chi connectivity index (χ4v) is 4.09. The predicted molar refractivity (Wildman–Crippen MR) is 111 cm³/mol. The van der Waals surface area contributed by atoms with Gasteiger partial charge in [-0.1, -0.05) is 24.3 Å². The van der Waals surface area contributed by atoms with Gasteiger partial charge in [0.05, 0.1) is 12.0 Å². The smallest absolute Gasteiger partial charge is 0.312 e. The van der Waals surface area contributed by atoms with Gasteiger partial charge in [-0.15, -0.1) is 0 Å². The maximum Gasteiger partial charge on any atom is 0.312 e. The third-order valence-electron chi connectivity index (χ3n) is 5.73. The molecule has 0 unspecified atom stereocenters. The molecule has 1 atom stereocenters. The van der Waals surface area contributed by atoms with Crippen molar-refractivity contribution in [2.75, 3.05) is 0 Å². The Kier molecular flexibility index (Phi) is 3.71. The molecular formula is C23H18N2O4. The van der Waals surface area contributed by atoms with Gasteiger partial charge in [-0.2, -0.15) is 0 Å². The SMILES string of the molecule is Cc1cc2c(c(=O)n1C)[C@H](c1cc3cc4ccccc4cc3[nH]c1=O)CC(=O)O2. The molecule has 6 heteroatoms. The van der Waals surface area contributed by atoms with Crippen molar-refractivity contribution in [2.45, 2.75) is 19.3 Å². The molecule has 0 saturated heterocycles. The first kappa shape index (κ1) is 17.4. The topological polar surface area (TPSA) is 81.2 Å². The van der Waals surface area contributed by atoms with E-state index in [4.69, 9.17) is 4.74 Å². The number of carbonyl (C=O) groups is 1. The average Bonchev–Trinajstić information content (AvgIpc) is 2.69. The zero-order chi connectivity index (χ0) is 20.3. The predicted octanol–water partition coefficient (Wildman–Crippen LogP) is 3.13. The molecule has 0 aliphatic carbocycles. The molecule has 0 fully saturated rings. The highest BCUT2D eigenvalue weighted by molar-refractivity contribution is 5.96. The van der Waals surface area contributed by atoms with Crippen LogP contribution in [0.25, 0.3) is 21.7 Å². The number of pyridine rings is 2. The molecule has 2 aromatic carbocycles. The number of hydrogen-bond acceptors (Lipinski definition) is 4. The van der Waals surface area contributed by atoms with Crippen molar-refractivity contribution in [1.82, 2.24) is 9.55 Å². The molecule has 0 bridgehead atoms. The number of nitrogens with one attached hydrogen (secondary N) is 1. The van der Waals surface area contributed by atoms with Gasteiger partial charge in [-0.25, -0.2) is 0 Å². The Hall–Kier alpha value is -3.67. The third kappa shape index (κ3) is 2.68. The highest BCUT2D eigenvalue weighted by atomic mass is 16.5. The quantitative estimate of drug-likeness (QED) is 0.403. The number of rotatable bonds is 1. The summed E-state index contributed by atoms with van der Waals surface area (Å²) in [5.41, 5.74) is 1.58. The van der Waals surface area contributed by atoms with Crippen LogP contribution in [0, 0.1) is 6.92 Å². The summed E-state index contributed by atoms with van der Waals surface area (Å²) in [6.07, 6.45) is -0.0481. The number of hydrogen-bond donors (Lipinski definition) is 1. The molecule has 0 spiro atoms. The van der Waals surface area contributed by atoms with Crippen molar-refractivity contribution in [2.24, 2.45) is 7.05 Å². The molecule has 2 aromatic heterocycles. The third-order valence-corrected chi connectivity index (χ3v) is 5.73. The van der Waals surface area contributed by atoms with E-state index in [1.165, 1.54) is 4.57 Å². The van der Waals surface area contributed by atoms with E-state index in [1.54, 1.807) is 26.1 Å². The van der Waals surface area contributed by atoms with Crippen LogP contribution in [0.5, 0.6) is 5.75 Å². The summed E-state index contributed by atoms with van der Waals surface area (Å²) in [6, 6.07) is 15.3. The molecule has 1 aliphatic rings. The summed E-state index contributed by atoms with van der Waals surface area (Å²) >= 11 is 0. The van der Waals surface area contributed by atoms with Crippen LogP contribution in [0.15, 0.2) is 58.1 Å². The Morgan fingerprint density at radius 1 is 1.00 bits per heavy atom. The van der Waals surface area contributed by atoms with Crippen molar-refractivity contribution < 1.29 is 9.53 Å². The second kappa shape index (κ2) is 6.17. The summed E-state index contributed by atoms with van der Waals surface area (Å²) in [4.78, 5) is 41.0. The monoisotopic (exact) mass is 386 g/mol. The summed E-state index contributed by atoms with van der Waals surface area (Å²) in [6.45, 7) is 1.77. The van der Waals surface area contributed by atoms with Crippen LogP contribution < -0.4 is 15.9 Å². The first-order chi connectivity index (χ1) is 13.9. The number of ether oxygens (including phenoxy) is 1. The van der Waals surface area contributed by atoms with Gasteiger partial charge in [0.15, 0.2) is 0 Å². The molecule has 144 valence electrons. The largest absolute Gasteiger partial charge is 0.426 e. The number of benzene rings is 2. The van der Waals surface area contributed by atoms with E-state index in [9.17, 15) is 14.4 Å². The molecule has 29 heavy (non-hydrogen) atoms. The molecule has 1 N–H and O–H groups in total. The van der Waals surface area contributed by atoms with Gasteiger partial charge < -0.3 is 14.3 Å². The van der Waals surface area contributed by atoms with E-state index >= 15 is 0 Å². The van der Waals surface area contributed by atoms with Crippen molar-refractivity contribution in [3.63, 3.8) is 0 Å². The average molecular weight is 386 g/mol. The number of esters is 1. The number of nitrogens with zero attached hydrogens (tertiary/aromatic N) is 1. The minimum absolute atomic E-state index is 0.0481. The summed E-state index contributed by atoms with van der Waals surface area (Å²) in [5.74, 6) is -0.858. The molecule has 5 rings (SSSR count). The van der Waals surface area contributed by atoms with E-state index in [2.05, 4.69) is 4.98 Å². The number of H-pyrrole nitrogens is 1. The summed E-state index contributed by atoms with van der Waals surface area (Å²) < 4.78 is 6.83. The van der Waals surface area contributed by atoms with Crippen molar-refractivity contribution in [3.8, 4) is 5.75 Å². The van der Waals surface area contributed by atoms with Crippen LogP contribution in [0.4, 0.5) is 0 Å². The Labute approximate surface area is 165 Å². The van der Waals surface area contributed by atoms with Gasteiger partial charge in [0, 0.05) is 35.8 Å². The number of aryl methyl sites for hydroxylation is 1. The lowest BCUT2D eigenvalue weighted by molar-refractivity contribution is -0.135. The molecule has 0 radical (unpaired) electrons. The molecular weight excluding hydrogens is 368 g/mol. The fraction of sp³-hybridized carbons (Fsp3) is 0.174. The lowest BCUT2D eigenvalue weighted by Crippen LogP contribution is -2.34. The Balaban J connectivity index is 1.78. The number of fused-ring (bicyclic) bond motifs is 3. The van der Waals surface area contributed by atoms with Gasteiger partial charge in [0.2, 0.25) is 0 Å². The molecule has 3 heterocycles. The Morgan fingerprint density at radius 3 is 2.48 bits per heavy atom. The first-order valence-corrected chi connectivity index (χ1v) is 9.39. The lowest BCUT2D eigenvalue weighted by atomic mass is 9.87. The normalized spacial score (nSPS) is 16.1. The number of carbonyl (C=O) groups excluding carboxylic acids is 1. The van der Waals surface area contributed by atoms with Gasteiger partial charge in [0.1, 0.15) is 5.75 Å². The van der Waals surface area contributed by atoms with Crippen molar-refractivity contribution >= 4 is 27.6 Å². The molecule has 6 nitrogen and oxygen atoms in total. The standard InChI is InChI=1S/C23H18N2O4/c1-12-7-19-21(23(28)25(12)2)16(11-20(26)29-19)17-9-15-8-13-5-3-4-6-14(13)10-18(15)24-22(17)27/h3-10,16H,11H2,1-2H3,(H,24,27)/t16-/m0/s1. The molecule has 0 saturated carbocycles. The van der Waals surface area contributed by atoms with E-state index in [0.717, 1.165) is 16.2 Å². The zero-order valence-corrected chi connectivity index (χ0v) is 16.0. The van der Waals surface area contributed by atoms with Crippen LogP contribution in [-0.4, -0.2) is 15.5 Å². The number of aromatic amines is 1. The molecule has 4 aromatic rings. The Morgan fingerprint density at radius 2 is 1.72 bits per heavy atom. The van der Waals surface area contributed by atoms with E-state index in [0.29, 0.717) is 22.3 Å². The lowest BCUT2D eigenvalue weighted by Gasteiger charge is -2.25. The van der Waals surface area contributed by atoms with Crippen LogP contribution in [0.3, 0.4) is 0 Å². The van der Waals surface area contributed by atoms with Gasteiger partial charge in [0.25, 0.3) is 11.1 Å². The van der Waals surface area contributed by atoms with Gasteiger partial charge >= 0.3 is 5.97 Å². The minimum atomic E-state index is -0.648. The molecule has 1 aliphatic heterocycles. The van der Waals surface area contributed by atoms with Gasteiger partial charge in [-0.3, -0.25) is 14.4 Å². The fourth-order valence-electron chi connectivity index (χ4n) is 4.09. The first-order valence-electron chi connectivity index (χ1n) is 9.39. The second-order valence-electron chi connectivity index (χ2n) is 7.50. The van der Waals surface area contributed by atoms with Crippen LogP contribution >= 0.6 is 0 Å². The van der Waals surface area contributed by atoms with E-state index < -0.39 is 11.9 Å². The summed E-state index contributed by atoms with van der Waals surface area (Å²) in [5, 5.41) is 2.93. The molecule has 0 amide bonds. The van der Waals surface area contributed by atoms with Crippen LogP contribution in [0.2, 0.25) is 0 Å². The zero-order valence-electron chi connectivity index (χ0n) is 16.0. The minimum Gasteiger partial charge on any atom is -0.426 e. The van der Waals surface area contributed by atoms with Crippen LogP contribution in [0.1, 0.15) is 29.2 Å². The maximum atomic E-state index is 12.9. The Bertz CT molecular complexity index is 1450. The number of aromatic nitrogens is 2.